The molecule has 0 bridgehead atoms. The van der Waals surface area contributed by atoms with Crippen LogP contribution in [0.25, 0.3) is 0 Å². The molecule has 122 valence electrons. The summed E-state index contributed by atoms with van der Waals surface area (Å²) in [6, 6.07) is 8.26. The van der Waals surface area contributed by atoms with Crippen molar-refractivity contribution in [3.8, 4) is 5.75 Å². The average molecular weight is 304 g/mol. The highest BCUT2D eigenvalue weighted by Gasteiger charge is 2.25. The third-order valence-electron chi connectivity index (χ3n) is 4.43. The first kappa shape index (κ1) is 16.7. The fourth-order valence-electron chi connectivity index (χ4n) is 3.13. The Morgan fingerprint density at radius 2 is 2.23 bits per heavy atom. The van der Waals surface area contributed by atoms with Crippen LogP contribution in [0.1, 0.15) is 45.1 Å². The minimum Gasteiger partial charge on any atom is -0.494 e. The SMILES string of the molecule is CCOc1cccc(CNC(=O)N(C)C2CCCC(C)C2)c1. The Balaban J connectivity index is 1.85. The van der Waals surface area contributed by atoms with Crippen molar-refractivity contribution >= 4 is 6.03 Å². The van der Waals surface area contributed by atoms with Crippen molar-refractivity contribution in [2.45, 2.75) is 52.1 Å². The minimum atomic E-state index is 0.0147. The van der Waals surface area contributed by atoms with Crippen molar-refractivity contribution in [3.05, 3.63) is 29.8 Å². The van der Waals surface area contributed by atoms with Crippen molar-refractivity contribution < 1.29 is 9.53 Å². The van der Waals surface area contributed by atoms with E-state index in [2.05, 4.69) is 12.2 Å². The number of amides is 2. The molecule has 1 aliphatic carbocycles. The number of carbonyl (C=O) groups excluding carboxylic acids is 1. The summed E-state index contributed by atoms with van der Waals surface area (Å²) in [5.74, 6) is 1.57. The Labute approximate surface area is 133 Å². The summed E-state index contributed by atoms with van der Waals surface area (Å²) in [6.45, 7) is 5.43. The summed E-state index contributed by atoms with van der Waals surface area (Å²) >= 11 is 0. The molecular formula is C18H28N2O2. The Kier molecular flexibility index (Phi) is 6.10. The van der Waals surface area contributed by atoms with E-state index in [1.54, 1.807) is 0 Å². The van der Waals surface area contributed by atoms with E-state index < -0.39 is 0 Å². The molecule has 0 spiro atoms. The first-order valence-electron chi connectivity index (χ1n) is 8.32. The van der Waals surface area contributed by atoms with Crippen LogP contribution in [0.4, 0.5) is 4.79 Å². The number of hydrogen-bond acceptors (Lipinski definition) is 2. The van der Waals surface area contributed by atoms with Gasteiger partial charge in [0.25, 0.3) is 0 Å². The van der Waals surface area contributed by atoms with Crippen LogP contribution in [0, 0.1) is 5.92 Å². The van der Waals surface area contributed by atoms with E-state index in [-0.39, 0.29) is 6.03 Å². The van der Waals surface area contributed by atoms with Crippen LogP contribution in [0.3, 0.4) is 0 Å². The van der Waals surface area contributed by atoms with Gasteiger partial charge in [-0.1, -0.05) is 31.9 Å². The van der Waals surface area contributed by atoms with Gasteiger partial charge in [0.2, 0.25) is 0 Å². The van der Waals surface area contributed by atoms with Crippen molar-refractivity contribution in [3.63, 3.8) is 0 Å². The lowest BCUT2D eigenvalue weighted by atomic mass is 9.86. The Bertz CT molecular complexity index is 490. The average Bonchev–Trinajstić information content (AvgIpc) is 2.52. The number of hydrogen-bond donors (Lipinski definition) is 1. The molecule has 2 amide bonds. The molecule has 4 nitrogen and oxygen atoms in total. The quantitative estimate of drug-likeness (QED) is 0.899. The van der Waals surface area contributed by atoms with Gasteiger partial charge in [-0.3, -0.25) is 0 Å². The normalized spacial score (nSPS) is 21.2. The second kappa shape index (κ2) is 8.06. The molecule has 1 aromatic rings. The summed E-state index contributed by atoms with van der Waals surface area (Å²) in [6.07, 6.45) is 4.74. The number of carbonyl (C=O) groups is 1. The maximum Gasteiger partial charge on any atom is 0.317 e. The fourth-order valence-corrected chi connectivity index (χ4v) is 3.13. The van der Waals surface area contributed by atoms with Crippen LogP contribution in [0.2, 0.25) is 0 Å². The first-order chi connectivity index (χ1) is 10.6. The van der Waals surface area contributed by atoms with Gasteiger partial charge in [0, 0.05) is 19.6 Å². The molecule has 1 fully saturated rings. The first-order valence-corrected chi connectivity index (χ1v) is 8.32. The van der Waals surface area contributed by atoms with Gasteiger partial charge in [0.1, 0.15) is 5.75 Å². The molecule has 0 aromatic heterocycles. The molecule has 22 heavy (non-hydrogen) atoms. The number of nitrogens with one attached hydrogen (secondary N) is 1. The maximum absolute atomic E-state index is 12.3. The highest BCUT2D eigenvalue weighted by Crippen LogP contribution is 2.26. The van der Waals surface area contributed by atoms with Gasteiger partial charge in [-0.15, -0.1) is 0 Å². The number of nitrogens with zero attached hydrogens (tertiary/aromatic N) is 1. The highest BCUT2D eigenvalue weighted by atomic mass is 16.5. The van der Waals surface area contributed by atoms with Gasteiger partial charge in [-0.05, 0) is 43.4 Å². The second-order valence-electron chi connectivity index (χ2n) is 6.28. The van der Waals surface area contributed by atoms with Gasteiger partial charge >= 0.3 is 6.03 Å². The topological polar surface area (TPSA) is 41.6 Å². The lowest BCUT2D eigenvalue weighted by molar-refractivity contribution is 0.160. The van der Waals surface area contributed by atoms with E-state index in [4.69, 9.17) is 4.74 Å². The van der Waals surface area contributed by atoms with Crippen molar-refractivity contribution in [2.24, 2.45) is 5.92 Å². The fraction of sp³-hybridized carbons (Fsp3) is 0.611. The van der Waals surface area contributed by atoms with Crippen LogP contribution in [0.5, 0.6) is 5.75 Å². The summed E-state index contributed by atoms with van der Waals surface area (Å²) in [7, 11) is 1.91. The molecule has 1 saturated carbocycles. The molecule has 0 heterocycles. The number of benzene rings is 1. The predicted molar refractivity (Wildman–Crippen MR) is 89.0 cm³/mol. The lowest BCUT2D eigenvalue weighted by Crippen LogP contribution is -2.45. The van der Waals surface area contributed by atoms with Crippen molar-refractivity contribution in [1.29, 1.82) is 0 Å². The minimum absolute atomic E-state index is 0.0147. The largest absolute Gasteiger partial charge is 0.494 e. The van der Waals surface area contributed by atoms with E-state index >= 15 is 0 Å². The summed E-state index contributed by atoms with van der Waals surface area (Å²) in [4.78, 5) is 14.2. The molecular weight excluding hydrogens is 276 g/mol. The van der Waals surface area contributed by atoms with E-state index in [0.717, 1.165) is 30.1 Å². The molecule has 1 aliphatic rings. The third kappa shape index (κ3) is 4.65. The lowest BCUT2D eigenvalue weighted by Gasteiger charge is -2.34. The molecule has 1 N–H and O–H groups in total. The number of rotatable bonds is 5. The van der Waals surface area contributed by atoms with E-state index in [0.29, 0.717) is 19.2 Å². The third-order valence-corrected chi connectivity index (χ3v) is 4.43. The zero-order valence-electron chi connectivity index (χ0n) is 14.0. The monoisotopic (exact) mass is 304 g/mol. The molecule has 0 saturated heterocycles. The molecule has 2 rings (SSSR count). The molecule has 2 atom stereocenters. The van der Waals surface area contributed by atoms with E-state index in [1.807, 2.05) is 43.1 Å². The summed E-state index contributed by atoms with van der Waals surface area (Å²) in [5, 5.41) is 3.01. The van der Waals surface area contributed by atoms with Crippen LogP contribution < -0.4 is 10.1 Å². The smallest absolute Gasteiger partial charge is 0.317 e. The molecule has 0 aliphatic heterocycles. The van der Waals surface area contributed by atoms with Gasteiger partial charge < -0.3 is 15.0 Å². The van der Waals surface area contributed by atoms with Gasteiger partial charge in [0.15, 0.2) is 0 Å². The number of ether oxygens (including phenoxy) is 1. The zero-order valence-corrected chi connectivity index (χ0v) is 14.0. The zero-order chi connectivity index (χ0) is 15.9. The Hall–Kier alpha value is -1.71. The van der Waals surface area contributed by atoms with Crippen molar-refractivity contribution in [2.75, 3.05) is 13.7 Å². The Morgan fingerprint density at radius 1 is 1.41 bits per heavy atom. The standard InChI is InChI=1S/C18H28N2O2/c1-4-22-17-10-6-8-15(12-17)13-19-18(21)20(3)16-9-5-7-14(2)11-16/h6,8,10,12,14,16H,4-5,7,9,11,13H2,1-3H3,(H,19,21). The van der Waals surface area contributed by atoms with Crippen LogP contribution in [-0.4, -0.2) is 30.6 Å². The van der Waals surface area contributed by atoms with Crippen LogP contribution >= 0.6 is 0 Å². The van der Waals surface area contributed by atoms with Gasteiger partial charge in [-0.25, -0.2) is 4.79 Å². The van der Waals surface area contributed by atoms with E-state index in [9.17, 15) is 4.79 Å². The predicted octanol–water partition coefficient (Wildman–Crippen LogP) is 3.81. The second-order valence-corrected chi connectivity index (χ2v) is 6.28. The molecule has 0 radical (unpaired) electrons. The Morgan fingerprint density at radius 3 is 2.95 bits per heavy atom. The molecule has 4 heteroatoms. The molecule has 1 aromatic carbocycles. The van der Waals surface area contributed by atoms with Crippen LogP contribution in [0.15, 0.2) is 24.3 Å². The molecule has 2 unspecified atom stereocenters. The highest BCUT2D eigenvalue weighted by molar-refractivity contribution is 5.74. The summed E-state index contributed by atoms with van der Waals surface area (Å²) < 4.78 is 5.48. The van der Waals surface area contributed by atoms with Crippen LogP contribution in [-0.2, 0) is 6.54 Å². The van der Waals surface area contributed by atoms with Crippen molar-refractivity contribution in [1.82, 2.24) is 10.2 Å². The number of urea groups is 1. The summed E-state index contributed by atoms with van der Waals surface area (Å²) in [5.41, 5.74) is 1.06. The van der Waals surface area contributed by atoms with E-state index in [1.165, 1.54) is 12.8 Å². The van der Waals surface area contributed by atoms with Gasteiger partial charge in [-0.2, -0.15) is 0 Å². The van der Waals surface area contributed by atoms with Gasteiger partial charge in [0.05, 0.1) is 6.61 Å². The maximum atomic E-state index is 12.3.